The summed E-state index contributed by atoms with van der Waals surface area (Å²) in [4.78, 5) is 180. The van der Waals surface area contributed by atoms with Crippen LogP contribution in [0, 0.1) is 5.92 Å². The van der Waals surface area contributed by atoms with Crippen molar-refractivity contribution >= 4 is 164 Å². The Labute approximate surface area is 774 Å². The van der Waals surface area contributed by atoms with E-state index in [1.165, 1.54) is 91.8 Å². The average molecular weight is 1900 g/mol. The zero-order valence-corrected chi connectivity index (χ0v) is 78.8. The van der Waals surface area contributed by atoms with E-state index in [4.69, 9.17) is 46.8 Å². The number of thiophene rings is 1. The number of nitrogens with two attached hydrogens (primary N) is 2. The van der Waals surface area contributed by atoms with Crippen molar-refractivity contribution in [2.75, 3.05) is 69.3 Å². The number of carbonyl (C=O) groups excluding carboxylic acids is 12. The lowest BCUT2D eigenvalue weighted by Crippen LogP contribution is -2.63. The first-order valence-electron chi connectivity index (χ1n) is 42.5. The van der Waals surface area contributed by atoms with Gasteiger partial charge in [0, 0.05) is 104 Å². The molecular formula is C89H119ClN14O20S5. The number of aromatic amines is 1. The maximum absolute atomic E-state index is 15.3. The van der Waals surface area contributed by atoms with Crippen LogP contribution < -0.4 is 69.0 Å². The summed E-state index contributed by atoms with van der Waals surface area (Å²) in [5.74, 6) is -9.55. The van der Waals surface area contributed by atoms with Crippen LogP contribution in [0.15, 0.2) is 127 Å². The van der Waals surface area contributed by atoms with Gasteiger partial charge in [-0.3, -0.25) is 53.3 Å². The highest BCUT2D eigenvalue weighted by Crippen LogP contribution is 2.49. The molecule has 34 nitrogen and oxygen atoms in total. The molecule has 9 rings (SSSR count). The number of nitrogens with one attached hydrogen (secondary N) is 10. The molecule has 17 N–H and O–H groups in total. The molecule has 3 fully saturated rings. The highest BCUT2D eigenvalue weighted by atomic mass is 35.5. The number of amides is 11. The smallest absolute Gasteiger partial charge is 0.409 e. The molecule has 18 atom stereocenters. The number of H-pyrrole nitrogens is 1. The van der Waals surface area contributed by atoms with Gasteiger partial charge in [0.25, 0.3) is 0 Å². The molecule has 0 spiro atoms. The van der Waals surface area contributed by atoms with Crippen molar-refractivity contribution in [1.82, 2.24) is 57.7 Å². The van der Waals surface area contributed by atoms with E-state index in [0.717, 1.165) is 59.3 Å². The maximum atomic E-state index is 15.3. The van der Waals surface area contributed by atoms with E-state index in [1.54, 1.807) is 81.6 Å². The number of methoxy groups -OCH3 is 2. The van der Waals surface area contributed by atoms with Gasteiger partial charge in [0.05, 0.1) is 43.6 Å². The van der Waals surface area contributed by atoms with Crippen molar-refractivity contribution < 1.29 is 96.5 Å². The minimum Gasteiger partial charge on any atom is -0.495 e. The molecule has 702 valence electrons. The number of hydrogen-bond acceptors (Lipinski definition) is 27. The number of fused-ring (bicyclic) bond motifs is 2. The van der Waals surface area contributed by atoms with Gasteiger partial charge in [0.1, 0.15) is 83.0 Å². The van der Waals surface area contributed by atoms with Crippen molar-refractivity contribution in [3.05, 3.63) is 154 Å². The van der Waals surface area contributed by atoms with E-state index in [1.807, 2.05) is 60.8 Å². The van der Waals surface area contributed by atoms with E-state index in [-0.39, 0.29) is 86.1 Å². The highest BCUT2D eigenvalue weighted by molar-refractivity contribution is 8.77. The van der Waals surface area contributed by atoms with Gasteiger partial charge < -0.3 is 108 Å². The zero-order chi connectivity index (χ0) is 94.1. The van der Waals surface area contributed by atoms with Crippen LogP contribution in [0.2, 0.25) is 5.02 Å². The second-order valence-electron chi connectivity index (χ2n) is 32.6. The summed E-state index contributed by atoms with van der Waals surface area (Å²) in [5.41, 5.74) is 14.0. The number of allylic oxidation sites excluding steroid dienone is 3. The number of nitrogens with zero attached hydrogens (tertiary/aromatic N) is 2. The van der Waals surface area contributed by atoms with Crippen LogP contribution in [0.4, 0.5) is 10.5 Å². The van der Waals surface area contributed by atoms with Crippen LogP contribution in [-0.2, 0) is 97.4 Å². The number of cyclic esters (lactones) is 1. The SMILES string of the molecule is C=C/C=C(\C)Cc1cc(OC)c(Cl)c(N(C)C(=O)C[C@H](OC(=O)[C@H](C)N(C)C(=O)CCSSCCNC(=O)[C@@H](NC(=O)[C@@H]2CSSC[C@H](NC(=O)[C@H](N)Cc3ccccc3)C(=O)N[C@@H](Cc3csc4ccccc34)C(=O)N[C@H](Cc3c[nH]c4ccccc34)C(=O)N[C@@H](CCCCN)C(=O)N[C@@H]([C@@H](C)O)C(=O)N2)[C@@H](C)O)[C@]2(C)O[C@H]2[C@H](C)[C@@H]2C[C@](O)([C@@H](C)OC)NC(=O)O2)c1. The number of hydrogen-bond donors (Lipinski definition) is 15. The molecule has 0 bridgehead atoms. The Balaban J connectivity index is 0.876. The first-order chi connectivity index (χ1) is 61.4. The minimum absolute atomic E-state index is 0.0348. The van der Waals surface area contributed by atoms with Gasteiger partial charge >= 0.3 is 12.1 Å². The Hall–Kier alpha value is -9.49. The van der Waals surface area contributed by atoms with Crippen LogP contribution in [-0.4, -0.2) is 263 Å². The summed E-state index contributed by atoms with van der Waals surface area (Å²) < 4.78 is 30.1. The Morgan fingerprint density at radius 2 is 1.43 bits per heavy atom. The van der Waals surface area contributed by atoms with Crippen molar-refractivity contribution in [1.29, 1.82) is 0 Å². The van der Waals surface area contributed by atoms with Gasteiger partial charge in [-0.15, -0.1) is 11.3 Å². The van der Waals surface area contributed by atoms with Crippen LogP contribution >= 0.6 is 66.1 Å². The number of alkyl carbamates (subject to hydrolysis) is 1. The summed E-state index contributed by atoms with van der Waals surface area (Å²) in [6, 6.07) is 13.9. The lowest BCUT2D eigenvalue weighted by atomic mass is 9.84. The molecule has 0 radical (unpaired) electrons. The summed E-state index contributed by atoms with van der Waals surface area (Å²) in [7, 11) is 10.2. The van der Waals surface area contributed by atoms with Gasteiger partial charge in [-0.05, 0) is 137 Å². The molecule has 129 heavy (non-hydrogen) atoms. The topological polar surface area (TPSA) is 498 Å². The van der Waals surface area contributed by atoms with E-state index >= 15 is 14.4 Å². The minimum atomic E-state index is -1.82. The predicted molar refractivity (Wildman–Crippen MR) is 501 cm³/mol. The third kappa shape index (κ3) is 28.3. The Morgan fingerprint density at radius 3 is 2.12 bits per heavy atom. The molecule has 40 heteroatoms. The van der Waals surface area contributed by atoms with E-state index in [2.05, 4.69) is 59.4 Å². The summed E-state index contributed by atoms with van der Waals surface area (Å²) in [6.07, 6.45) is -2.56. The van der Waals surface area contributed by atoms with Crippen molar-refractivity contribution in [3.63, 3.8) is 0 Å². The number of likely N-dealkylation sites (N-methyl/N-ethyl adjacent to an activating group) is 1. The quantitative estimate of drug-likeness (QED) is 0.00748. The van der Waals surface area contributed by atoms with Crippen LogP contribution in [0.1, 0.15) is 109 Å². The molecule has 3 saturated heterocycles. The van der Waals surface area contributed by atoms with Gasteiger partial charge in [-0.1, -0.05) is 153 Å². The number of halogens is 1. The van der Waals surface area contributed by atoms with Gasteiger partial charge in [-0.25, -0.2) is 9.59 Å². The molecule has 0 unspecified atom stereocenters. The number of esters is 1. The van der Waals surface area contributed by atoms with Crippen molar-refractivity contribution in [3.8, 4) is 5.75 Å². The molecular weight excluding hydrogens is 1780 g/mol. The first kappa shape index (κ1) is 103. The normalized spacial score (nSPS) is 23.4. The number of unbranched alkanes of at least 4 members (excludes halogenated alkanes) is 1. The van der Waals surface area contributed by atoms with E-state index in [0.29, 0.717) is 35.4 Å². The number of rotatable bonds is 39. The Kier molecular flexibility index (Phi) is 38.9. The van der Waals surface area contributed by atoms with Crippen molar-refractivity contribution in [2.45, 2.75) is 215 Å². The number of anilines is 1. The fraction of sp³-hybridized carbons (Fsp3) is 0.506. The lowest BCUT2D eigenvalue weighted by molar-refractivity contribution is -0.162. The molecule has 3 aliphatic rings. The second-order valence-corrected chi connectivity index (χ2v) is 39.1. The fourth-order valence-electron chi connectivity index (χ4n) is 15.0. The monoisotopic (exact) mass is 1900 g/mol. The third-order valence-electron chi connectivity index (χ3n) is 23.0. The largest absolute Gasteiger partial charge is 0.495 e. The summed E-state index contributed by atoms with van der Waals surface area (Å²) in [5, 5.41) is 61.7. The predicted octanol–water partition coefficient (Wildman–Crippen LogP) is 5.47. The van der Waals surface area contributed by atoms with Crippen LogP contribution in [0.25, 0.3) is 21.0 Å². The molecule has 4 aromatic carbocycles. The summed E-state index contributed by atoms with van der Waals surface area (Å²) in [6.45, 7) is 14.8. The summed E-state index contributed by atoms with van der Waals surface area (Å²) >= 11 is 8.29. The lowest BCUT2D eigenvalue weighted by Gasteiger charge is -2.41. The number of ether oxygens (including phenoxy) is 5. The van der Waals surface area contributed by atoms with Gasteiger partial charge in [0.15, 0.2) is 5.72 Å². The van der Waals surface area contributed by atoms with Gasteiger partial charge in [0.2, 0.25) is 59.1 Å². The highest BCUT2D eigenvalue weighted by Gasteiger charge is 2.65. The number of carbonyl (C=O) groups is 12. The number of epoxide rings is 1. The standard InChI is InChI=1S/C89H119ClN14O20S5/c1-13-23-48(2)36-55-38-67(74(90)68(39-55)121-12)104(10)73(108)42-71(88(8)77(124-88)49(3)69-43-89(119,53(7)120-11)102-87(118)122-69)123-86(117)50(4)103(9)72(107)31-34-126-127-35-33-93-84(115)75(51(5)105)100-83(114)66-47-129-128-46-65(98-78(109)60(92)37-54-24-15-14-16-25-54)82(113)97-64(41-57-45-125-70-30-20-18-27-59(57)70)81(112)96-63(40-56-44-94-61-28-19-17-26-58(56)61)80(111)95-62(29-21-22-32-91)79(110)101-76(52(6)106)85(116)99-66/h13-20,23-28,30,38-39,44-45,49-53,60,62-66,69,71,75-77,94,105-106,119H,1,21-22,29,31-37,40-43,46-47,91-92H2,2-12H3,(H,93,115)(H,95,111)(H,96,112)(H,97,113)(H,98,109)(H,99,116)(H,100,114)(H,101,110)(H,102,118)/b48-23+/t49-,50+,51-,52-,53-,60-,62+,63-,64+,65+,66+,69+,71+,75+,76+,77+,88+,89+/m1/s1. The molecule has 11 amide bonds. The number of para-hydroxylation sites is 1. The fourth-order valence-corrected chi connectivity index (χ4v) is 20.5. The zero-order valence-electron chi connectivity index (χ0n) is 74.0. The Morgan fingerprint density at radius 1 is 0.783 bits per heavy atom. The van der Waals surface area contributed by atoms with E-state index < -0.39 is 186 Å². The maximum Gasteiger partial charge on any atom is 0.409 e. The molecule has 0 aliphatic carbocycles. The average Bonchev–Trinajstić information content (AvgIpc) is 1.57. The molecule has 2 aromatic heterocycles. The molecule has 5 heterocycles. The van der Waals surface area contributed by atoms with Gasteiger partial charge in [-0.2, -0.15) is 0 Å². The third-order valence-corrected chi connectivity index (χ3v) is 29.3. The number of aliphatic hydroxyl groups is 3. The molecule has 6 aromatic rings. The van der Waals surface area contributed by atoms with Crippen molar-refractivity contribution in [2.24, 2.45) is 17.4 Å². The van der Waals surface area contributed by atoms with Crippen LogP contribution in [0.5, 0.6) is 5.75 Å². The number of aromatic nitrogens is 1. The first-order valence-corrected chi connectivity index (χ1v) is 48.7. The Bertz CT molecular complexity index is 4970. The molecule has 0 saturated carbocycles. The van der Waals surface area contributed by atoms with E-state index in [9.17, 15) is 58.5 Å². The second kappa shape index (κ2) is 48.6. The number of aliphatic hydroxyl groups excluding tert-OH is 2. The van der Waals surface area contributed by atoms with Crippen LogP contribution in [0.3, 0.4) is 0 Å². The molecule has 3 aliphatic heterocycles. The number of benzene rings is 4.